The lowest BCUT2D eigenvalue weighted by Gasteiger charge is -2.29. The number of hydrogen-bond acceptors (Lipinski definition) is 6. The van der Waals surface area contributed by atoms with E-state index in [9.17, 15) is 4.79 Å². The van der Waals surface area contributed by atoms with Crippen molar-refractivity contribution in [2.24, 2.45) is 11.8 Å². The Hall–Kier alpha value is -2.68. The van der Waals surface area contributed by atoms with Crippen LogP contribution in [0.4, 0.5) is 15.6 Å². The zero-order valence-corrected chi connectivity index (χ0v) is 16.7. The van der Waals surface area contributed by atoms with Crippen LogP contribution in [0.2, 0.25) is 0 Å². The molecule has 0 radical (unpaired) electrons. The Bertz CT molecular complexity index is 1000. The molecule has 9 heteroatoms. The van der Waals surface area contributed by atoms with Crippen LogP contribution in [0.5, 0.6) is 0 Å². The monoisotopic (exact) mass is 397 g/mol. The van der Waals surface area contributed by atoms with Gasteiger partial charge in [-0.1, -0.05) is 0 Å². The number of likely N-dealkylation sites (tertiary alicyclic amines) is 1. The molecule has 4 heterocycles. The van der Waals surface area contributed by atoms with Crippen LogP contribution in [0.25, 0.3) is 11.0 Å². The van der Waals surface area contributed by atoms with Crippen molar-refractivity contribution >= 4 is 39.4 Å². The normalized spacial score (nSPS) is 23.9. The standard InChI is InChI=1S/C19H23N7OS/c1-11-22-18(28-24-11)23-19(27)26-9-12-7-14(8-13(12)10-26)25(2)16-4-6-21-17-15(16)3-5-20-17/h3-6,12-14H,7-10H2,1-2H3,(H,20,21)(H,22,23,24,27)/t12-,13+,14?. The van der Waals surface area contributed by atoms with Crippen molar-refractivity contribution in [3.8, 4) is 0 Å². The Kier molecular flexibility index (Phi) is 4.19. The van der Waals surface area contributed by atoms with E-state index < -0.39 is 0 Å². The molecule has 2 amide bonds. The number of carbonyl (C=O) groups excluding carboxylic acids is 1. The molecule has 2 aliphatic rings. The van der Waals surface area contributed by atoms with Gasteiger partial charge in [0.15, 0.2) is 0 Å². The Labute approximate surface area is 167 Å². The third-order valence-corrected chi connectivity index (χ3v) is 6.84. The molecular weight excluding hydrogens is 374 g/mol. The molecule has 3 atom stereocenters. The molecule has 3 aromatic rings. The van der Waals surface area contributed by atoms with Gasteiger partial charge in [-0.25, -0.2) is 14.8 Å². The minimum absolute atomic E-state index is 0.0568. The topological polar surface area (TPSA) is 90.0 Å². The lowest BCUT2D eigenvalue weighted by atomic mass is 10.0. The molecule has 0 bridgehead atoms. The van der Waals surface area contributed by atoms with Crippen molar-refractivity contribution in [3.05, 3.63) is 30.4 Å². The summed E-state index contributed by atoms with van der Waals surface area (Å²) in [6.07, 6.45) is 6.02. The number of nitrogens with zero attached hydrogens (tertiary/aromatic N) is 5. The van der Waals surface area contributed by atoms with Crippen LogP contribution in [0, 0.1) is 18.8 Å². The molecule has 1 unspecified atom stereocenters. The Morgan fingerprint density at radius 3 is 2.82 bits per heavy atom. The zero-order valence-electron chi connectivity index (χ0n) is 15.9. The fourth-order valence-corrected chi connectivity index (χ4v) is 5.28. The molecule has 1 saturated heterocycles. The highest BCUT2D eigenvalue weighted by Crippen LogP contribution is 2.41. The molecular formula is C19H23N7OS. The molecule has 28 heavy (non-hydrogen) atoms. The smallest absolute Gasteiger partial charge is 0.323 e. The maximum Gasteiger partial charge on any atom is 0.323 e. The number of aromatic nitrogens is 4. The van der Waals surface area contributed by atoms with Gasteiger partial charge in [-0.3, -0.25) is 5.32 Å². The first kappa shape index (κ1) is 17.4. The number of amides is 2. The largest absolute Gasteiger partial charge is 0.371 e. The summed E-state index contributed by atoms with van der Waals surface area (Å²) >= 11 is 1.23. The minimum atomic E-state index is -0.0568. The molecule has 0 aromatic carbocycles. The van der Waals surface area contributed by atoms with E-state index in [-0.39, 0.29) is 6.03 Å². The second-order valence-electron chi connectivity index (χ2n) is 7.81. The summed E-state index contributed by atoms with van der Waals surface area (Å²) in [7, 11) is 2.18. The van der Waals surface area contributed by atoms with Gasteiger partial charge in [-0.15, -0.1) is 0 Å². The Balaban J connectivity index is 1.23. The fraction of sp³-hybridized carbons (Fsp3) is 0.474. The van der Waals surface area contributed by atoms with E-state index in [1.54, 1.807) is 0 Å². The zero-order chi connectivity index (χ0) is 19.3. The molecule has 5 rings (SSSR count). The lowest BCUT2D eigenvalue weighted by Crippen LogP contribution is -2.36. The molecule has 2 N–H and O–H groups in total. The van der Waals surface area contributed by atoms with Gasteiger partial charge in [0.05, 0.1) is 0 Å². The molecule has 1 saturated carbocycles. The highest BCUT2D eigenvalue weighted by Gasteiger charge is 2.43. The Morgan fingerprint density at radius 1 is 1.32 bits per heavy atom. The van der Waals surface area contributed by atoms with Crippen LogP contribution in [-0.4, -0.2) is 56.4 Å². The summed E-state index contributed by atoms with van der Waals surface area (Å²) in [4.78, 5) is 28.7. The molecule has 1 aliphatic heterocycles. The number of aromatic amines is 1. The van der Waals surface area contributed by atoms with Crippen LogP contribution >= 0.6 is 11.5 Å². The summed E-state index contributed by atoms with van der Waals surface area (Å²) in [6.45, 7) is 3.45. The van der Waals surface area contributed by atoms with Gasteiger partial charge in [-0.05, 0) is 43.7 Å². The van der Waals surface area contributed by atoms with Gasteiger partial charge in [0.25, 0.3) is 0 Å². The van der Waals surface area contributed by atoms with Crippen molar-refractivity contribution in [3.63, 3.8) is 0 Å². The van der Waals surface area contributed by atoms with Gasteiger partial charge in [-0.2, -0.15) is 4.37 Å². The minimum Gasteiger partial charge on any atom is -0.371 e. The maximum absolute atomic E-state index is 12.5. The number of hydrogen-bond donors (Lipinski definition) is 2. The quantitative estimate of drug-likeness (QED) is 0.709. The first-order chi connectivity index (χ1) is 13.6. The molecule has 1 aliphatic carbocycles. The highest BCUT2D eigenvalue weighted by atomic mass is 32.1. The van der Waals surface area contributed by atoms with Gasteiger partial charge < -0.3 is 14.8 Å². The maximum atomic E-state index is 12.5. The third-order valence-electron chi connectivity index (χ3n) is 6.12. The predicted molar refractivity (Wildman–Crippen MR) is 110 cm³/mol. The number of H-pyrrole nitrogens is 1. The summed E-state index contributed by atoms with van der Waals surface area (Å²) in [5, 5.41) is 4.62. The van der Waals surface area contributed by atoms with E-state index in [4.69, 9.17) is 0 Å². The number of pyridine rings is 1. The van der Waals surface area contributed by atoms with Crippen molar-refractivity contribution in [1.29, 1.82) is 0 Å². The molecule has 0 spiro atoms. The summed E-state index contributed by atoms with van der Waals surface area (Å²) in [6, 6.07) is 4.62. The molecule has 146 valence electrons. The molecule has 2 fully saturated rings. The van der Waals surface area contributed by atoms with Crippen LogP contribution in [0.15, 0.2) is 24.5 Å². The fourth-order valence-electron chi connectivity index (χ4n) is 4.72. The van der Waals surface area contributed by atoms with Gasteiger partial charge >= 0.3 is 6.03 Å². The first-order valence-electron chi connectivity index (χ1n) is 9.59. The van der Waals surface area contributed by atoms with E-state index >= 15 is 0 Å². The highest BCUT2D eigenvalue weighted by molar-refractivity contribution is 7.09. The number of carbonyl (C=O) groups is 1. The van der Waals surface area contributed by atoms with E-state index in [0.29, 0.717) is 28.8 Å². The van der Waals surface area contributed by atoms with Crippen LogP contribution in [0.3, 0.4) is 0 Å². The van der Waals surface area contributed by atoms with Gasteiger partial charge in [0, 0.05) is 61.2 Å². The van der Waals surface area contributed by atoms with Crippen molar-refractivity contribution in [2.45, 2.75) is 25.8 Å². The summed E-state index contributed by atoms with van der Waals surface area (Å²) < 4.78 is 4.11. The van der Waals surface area contributed by atoms with E-state index in [1.165, 1.54) is 17.2 Å². The van der Waals surface area contributed by atoms with Crippen molar-refractivity contribution in [2.75, 3.05) is 30.4 Å². The number of nitrogens with one attached hydrogen (secondary N) is 2. The van der Waals surface area contributed by atoms with Crippen molar-refractivity contribution < 1.29 is 4.79 Å². The second-order valence-corrected chi connectivity index (χ2v) is 8.56. The van der Waals surface area contributed by atoms with Crippen LogP contribution in [0.1, 0.15) is 18.7 Å². The predicted octanol–water partition coefficient (Wildman–Crippen LogP) is 3.10. The van der Waals surface area contributed by atoms with E-state index in [2.05, 4.69) is 48.7 Å². The number of anilines is 2. The molecule has 3 aromatic heterocycles. The van der Waals surface area contributed by atoms with Crippen molar-refractivity contribution in [1.82, 2.24) is 24.2 Å². The Morgan fingerprint density at radius 2 is 2.11 bits per heavy atom. The second kappa shape index (κ2) is 6.73. The number of urea groups is 1. The molecule has 8 nitrogen and oxygen atoms in total. The summed E-state index contributed by atoms with van der Waals surface area (Å²) in [5.74, 6) is 1.80. The average molecular weight is 398 g/mol. The van der Waals surface area contributed by atoms with Crippen LogP contribution in [-0.2, 0) is 0 Å². The van der Waals surface area contributed by atoms with Crippen LogP contribution < -0.4 is 10.2 Å². The lowest BCUT2D eigenvalue weighted by molar-refractivity contribution is 0.218. The van der Waals surface area contributed by atoms with Gasteiger partial charge in [0.2, 0.25) is 5.13 Å². The van der Waals surface area contributed by atoms with E-state index in [0.717, 1.165) is 37.0 Å². The number of aryl methyl sites for hydroxylation is 1. The van der Waals surface area contributed by atoms with E-state index in [1.807, 2.05) is 24.2 Å². The summed E-state index contributed by atoms with van der Waals surface area (Å²) in [5.41, 5.74) is 2.15. The number of rotatable bonds is 3. The third kappa shape index (κ3) is 2.99. The van der Waals surface area contributed by atoms with Gasteiger partial charge in [0.1, 0.15) is 11.5 Å². The first-order valence-corrected chi connectivity index (χ1v) is 10.4. The SMILES string of the molecule is Cc1nsc(NC(=O)N2C[C@H]3CC(N(C)c4ccnc5[nH]ccc45)C[C@H]3C2)n1. The average Bonchev–Trinajstić information content (AvgIpc) is 3.43. The number of fused-ring (bicyclic) bond motifs is 2.